The third-order valence-electron chi connectivity index (χ3n) is 3.73. The maximum Gasteiger partial charge on any atom is 0.307 e. The van der Waals surface area contributed by atoms with Crippen LogP contribution in [-0.2, 0) is 16.0 Å². The van der Waals surface area contributed by atoms with Gasteiger partial charge in [-0.3, -0.25) is 9.69 Å². The number of hydrogen-bond acceptors (Lipinski definition) is 4. The van der Waals surface area contributed by atoms with E-state index in [0.29, 0.717) is 6.42 Å². The van der Waals surface area contributed by atoms with Gasteiger partial charge in [0.2, 0.25) is 0 Å². The van der Waals surface area contributed by atoms with Crippen molar-refractivity contribution in [1.82, 2.24) is 9.80 Å². The first kappa shape index (κ1) is 15.0. The highest BCUT2D eigenvalue weighted by molar-refractivity contribution is 5.69. The summed E-state index contributed by atoms with van der Waals surface area (Å²) in [6, 6.07) is 10.4. The molecule has 0 spiro atoms. The van der Waals surface area contributed by atoms with Gasteiger partial charge in [0.25, 0.3) is 0 Å². The Hall–Kier alpha value is -1.39. The van der Waals surface area contributed by atoms with E-state index in [2.05, 4.69) is 41.1 Å². The Kier molecular flexibility index (Phi) is 5.56. The first-order valence-electron chi connectivity index (χ1n) is 7.35. The summed E-state index contributed by atoms with van der Waals surface area (Å²) < 4.78 is 5.56. The van der Waals surface area contributed by atoms with Gasteiger partial charge in [-0.1, -0.05) is 37.3 Å². The molecule has 20 heavy (non-hydrogen) atoms. The van der Waals surface area contributed by atoms with Crippen LogP contribution in [-0.4, -0.2) is 55.2 Å². The number of hydrogen-bond donors (Lipinski definition) is 0. The van der Waals surface area contributed by atoms with Crippen LogP contribution in [0.15, 0.2) is 30.3 Å². The quantitative estimate of drug-likeness (QED) is 0.767. The lowest BCUT2D eigenvalue weighted by molar-refractivity contribution is -0.164. The van der Waals surface area contributed by atoms with E-state index in [1.807, 2.05) is 13.0 Å². The molecule has 4 nitrogen and oxygen atoms in total. The summed E-state index contributed by atoms with van der Waals surface area (Å²) in [7, 11) is 2.07. The van der Waals surface area contributed by atoms with Crippen molar-refractivity contribution < 1.29 is 9.53 Å². The third kappa shape index (κ3) is 4.32. The number of rotatable bonds is 5. The lowest BCUT2D eigenvalue weighted by atomic mass is 10.1. The fourth-order valence-electron chi connectivity index (χ4n) is 2.44. The van der Waals surface area contributed by atoms with Crippen molar-refractivity contribution in [3.05, 3.63) is 35.9 Å². The normalized spacial score (nSPS) is 20.8. The number of likely N-dealkylation sites (N-methyl/N-ethyl adjacent to an activating group) is 1. The van der Waals surface area contributed by atoms with Crippen molar-refractivity contribution in [2.24, 2.45) is 0 Å². The van der Waals surface area contributed by atoms with Crippen LogP contribution in [0.5, 0.6) is 0 Å². The van der Waals surface area contributed by atoms with Crippen molar-refractivity contribution in [1.29, 1.82) is 0 Å². The standard InChI is InChI=1S/C16H24N2O2/c1-3-16(19)20-15-13-17(2)11-12-18(15)10-9-14-7-5-4-6-8-14/h4-8,15H,3,9-13H2,1-2H3. The number of nitrogens with zero attached hydrogens (tertiary/aromatic N) is 2. The number of piperazine rings is 1. The van der Waals surface area contributed by atoms with Crippen LogP contribution in [0.25, 0.3) is 0 Å². The van der Waals surface area contributed by atoms with Crippen LogP contribution in [0.2, 0.25) is 0 Å². The molecule has 1 saturated heterocycles. The summed E-state index contributed by atoms with van der Waals surface area (Å²) in [5, 5.41) is 0. The number of carbonyl (C=O) groups is 1. The average Bonchev–Trinajstić information content (AvgIpc) is 2.47. The van der Waals surface area contributed by atoms with E-state index in [1.165, 1.54) is 5.56 Å². The number of carbonyl (C=O) groups excluding carboxylic acids is 1. The Morgan fingerprint density at radius 3 is 2.75 bits per heavy atom. The highest BCUT2D eigenvalue weighted by Crippen LogP contribution is 2.12. The highest BCUT2D eigenvalue weighted by Gasteiger charge is 2.27. The molecule has 1 unspecified atom stereocenters. The molecule has 110 valence electrons. The van der Waals surface area contributed by atoms with E-state index in [9.17, 15) is 4.79 Å². The minimum atomic E-state index is -0.116. The molecular formula is C16H24N2O2. The van der Waals surface area contributed by atoms with E-state index >= 15 is 0 Å². The van der Waals surface area contributed by atoms with E-state index < -0.39 is 0 Å². The Labute approximate surface area is 121 Å². The monoisotopic (exact) mass is 276 g/mol. The van der Waals surface area contributed by atoms with Crippen molar-refractivity contribution >= 4 is 5.97 Å². The van der Waals surface area contributed by atoms with Gasteiger partial charge in [0.15, 0.2) is 6.23 Å². The predicted octanol–water partition coefficient (Wildman–Crippen LogP) is 1.76. The van der Waals surface area contributed by atoms with Gasteiger partial charge >= 0.3 is 5.97 Å². The van der Waals surface area contributed by atoms with E-state index in [1.54, 1.807) is 0 Å². The molecule has 0 bridgehead atoms. The average molecular weight is 276 g/mol. The van der Waals surface area contributed by atoms with Gasteiger partial charge in [-0.05, 0) is 19.0 Å². The number of benzene rings is 1. The van der Waals surface area contributed by atoms with Gasteiger partial charge in [0, 0.05) is 32.6 Å². The Balaban J connectivity index is 1.91. The molecular weight excluding hydrogens is 252 g/mol. The molecule has 0 amide bonds. The molecule has 1 atom stereocenters. The van der Waals surface area contributed by atoms with Gasteiger partial charge in [0.1, 0.15) is 0 Å². The highest BCUT2D eigenvalue weighted by atomic mass is 16.6. The maximum absolute atomic E-state index is 11.5. The molecule has 1 heterocycles. The number of esters is 1. The van der Waals surface area contributed by atoms with Gasteiger partial charge in [-0.2, -0.15) is 0 Å². The molecule has 1 aromatic carbocycles. The van der Waals surface area contributed by atoms with Crippen LogP contribution >= 0.6 is 0 Å². The summed E-state index contributed by atoms with van der Waals surface area (Å²) in [6.45, 7) is 5.53. The topological polar surface area (TPSA) is 32.8 Å². The van der Waals surface area contributed by atoms with Crippen LogP contribution in [0, 0.1) is 0 Å². The summed E-state index contributed by atoms with van der Waals surface area (Å²) >= 11 is 0. The molecule has 1 aromatic rings. The zero-order valence-corrected chi connectivity index (χ0v) is 12.4. The second-order valence-electron chi connectivity index (χ2n) is 5.33. The zero-order valence-electron chi connectivity index (χ0n) is 12.4. The first-order valence-corrected chi connectivity index (χ1v) is 7.35. The van der Waals surface area contributed by atoms with E-state index in [4.69, 9.17) is 4.74 Å². The molecule has 1 aliphatic rings. The van der Waals surface area contributed by atoms with Crippen LogP contribution < -0.4 is 0 Å². The van der Waals surface area contributed by atoms with Crippen molar-refractivity contribution in [3.8, 4) is 0 Å². The molecule has 0 N–H and O–H groups in total. The minimum Gasteiger partial charge on any atom is -0.445 e. The lowest BCUT2D eigenvalue weighted by Crippen LogP contribution is -2.54. The third-order valence-corrected chi connectivity index (χ3v) is 3.73. The molecule has 0 aromatic heterocycles. The molecule has 1 fully saturated rings. The predicted molar refractivity (Wildman–Crippen MR) is 79.4 cm³/mol. The fourth-order valence-corrected chi connectivity index (χ4v) is 2.44. The first-order chi connectivity index (χ1) is 9.69. The molecule has 1 aliphatic heterocycles. The second kappa shape index (κ2) is 7.41. The summed E-state index contributed by atoms with van der Waals surface area (Å²) in [5.41, 5.74) is 1.33. The van der Waals surface area contributed by atoms with Gasteiger partial charge < -0.3 is 9.64 Å². The maximum atomic E-state index is 11.5. The summed E-state index contributed by atoms with van der Waals surface area (Å²) in [5.74, 6) is -0.116. The van der Waals surface area contributed by atoms with Gasteiger partial charge in [0.05, 0.1) is 0 Å². The largest absolute Gasteiger partial charge is 0.445 e. The summed E-state index contributed by atoms with van der Waals surface area (Å²) in [4.78, 5) is 16.0. The SMILES string of the molecule is CCC(=O)OC1CN(C)CCN1CCc1ccccc1. The van der Waals surface area contributed by atoms with Crippen LogP contribution in [0.4, 0.5) is 0 Å². The molecule has 2 rings (SSSR count). The van der Waals surface area contributed by atoms with Crippen molar-refractivity contribution in [2.75, 3.05) is 33.2 Å². The van der Waals surface area contributed by atoms with Crippen molar-refractivity contribution in [2.45, 2.75) is 26.0 Å². The van der Waals surface area contributed by atoms with E-state index in [-0.39, 0.29) is 12.2 Å². The summed E-state index contributed by atoms with van der Waals surface area (Å²) in [6.07, 6.45) is 1.32. The molecule has 0 aliphatic carbocycles. The molecule has 0 saturated carbocycles. The smallest absolute Gasteiger partial charge is 0.307 e. The second-order valence-corrected chi connectivity index (χ2v) is 5.33. The Morgan fingerprint density at radius 2 is 2.05 bits per heavy atom. The Bertz CT molecular complexity index is 422. The molecule has 0 radical (unpaired) electrons. The zero-order chi connectivity index (χ0) is 14.4. The van der Waals surface area contributed by atoms with Gasteiger partial charge in [-0.15, -0.1) is 0 Å². The van der Waals surface area contributed by atoms with Crippen LogP contribution in [0.3, 0.4) is 0 Å². The number of ether oxygens (including phenoxy) is 1. The minimum absolute atomic E-state index is 0.107. The molecule has 4 heteroatoms. The fraction of sp³-hybridized carbons (Fsp3) is 0.562. The lowest BCUT2D eigenvalue weighted by Gasteiger charge is -2.39. The van der Waals surface area contributed by atoms with E-state index in [0.717, 1.165) is 32.6 Å². The van der Waals surface area contributed by atoms with Crippen molar-refractivity contribution in [3.63, 3.8) is 0 Å². The van der Waals surface area contributed by atoms with Gasteiger partial charge in [-0.25, -0.2) is 0 Å². The van der Waals surface area contributed by atoms with Crippen LogP contribution in [0.1, 0.15) is 18.9 Å². The Morgan fingerprint density at radius 1 is 1.30 bits per heavy atom.